The highest BCUT2D eigenvalue weighted by Gasteiger charge is 2.17. The van der Waals surface area contributed by atoms with Crippen LogP contribution in [0, 0.1) is 17.0 Å². The zero-order chi connectivity index (χ0) is 16.1. The molecular formula is C15H14N2O5. The molecule has 0 unspecified atom stereocenters. The van der Waals surface area contributed by atoms with Crippen LogP contribution in [-0.2, 0) is 11.3 Å². The van der Waals surface area contributed by atoms with Gasteiger partial charge in [-0.05, 0) is 39.7 Å². The topological polar surface area (TPSA) is 91.6 Å². The predicted molar refractivity (Wildman–Crippen MR) is 77.7 cm³/mol. The number of carbonyl (C=O) groups is 1. The number of carbonyl (C=O) groups excluding carboxylic acids is 1. The van der Waals surface area contributed by atoms with Crippen LogP contribution >= 0.6 is 0 Å². The van der Waals surface area contributed by atoms with Gasteiger partial charge in [-0.15, -0.1) is 0 Å². The highest BCUT2D eigenvalue weighted by molar-refractivity contribution is 5.89. The standard InChI is InChI=1S/C15H14N2O5/c1-10-3-8-13(14(16-10)17(19)20)22-9-11-4-6-12(7-5-11)15(18)21-2/h3-8H,9H2,1-2H3. The van der Waals surface area contributed by atoms with Crippen molar-refractivity contribution in [1.29, 1.82) is 0 Å². The lowest BCUT2D eigenvalue weighted by Crippen LogP contribution is -2.03. The number of hydrogen-bond donors (Lipinski definition) is 0. The molecule has 0 radical (unpaired) electrons. The van der Waals surface area contributed by atoms with Crippen LogP contribution < -0.4 is 4.74 Å². The Morgan fingerprint density at radius 3 is 2.50 bits per heavy atom. The molecule has 0 bridgehead atoms. The molecule has 0 N–H and O–H groups in total. The smallest absolute Gasteiger partial charge is 0.406 e. The van der Waals surface area contributed by atoms with Gasteiger partial charge in [-0.1, -0.05) is 12.1 Å². The highest BCUT2D eigenvalue weighted by atomic mass is 16.6. The maximum absolute atomic E-state index is 11.3. The van der Waals surface area contributed by atoms with Crippen LogP contribution in [0.2, 0.25) is 0 Å². The first-order chi connectivity index (χ1) is 10.5. The number of hydrogen-bond acceptors (Lipinski definition) is 6. The Balaban J connectivity index is 2.10. The Kier molecular flexibility index (Phi) is 4.67. The van der Waals surface area contributed by atoms with Gasteiger partial charge in [0, 0.05) is 6.92 Å². The summed E-state index contributed by atoms with van der Waals surface area (Å²) in [5.74, 6) is -0.635. The summed E-state index contributed by atoms with van der Waals surface area (Å²) >= 11 is 0. The van der Waals surface area contributed by atoms with Crippen molar-refractivity contribution in [2.45, 2.75) is 13.5 Å². The fraction of sp³-hybridized carbons (Fsp3) is 0.200. The van der Waals surface area contributed by atoms with Crippen molar-refractivity contribution in [3.8, 4) is 5.75 Å². The second-order valence-electron chi connectivity index (χ2n) is 4.51. The molecule has 1 aromatic carbocycles. The number of ether oxygens (including phenoxy) is 2. The number of aryl methyl sites for hydroxylation is 1. The molecule has 1 heterocycles. The van der Waals surface area contributed by atoms with Crippen LogP contribution in [0.5, 0.6) is 5.75 Å². The number of pyridine rings is 1. The number of esters is 1. The van der Waals surface area contributed by atoms with Crippen LogP contribution in [0.25, 0.3) is 0 Å². The molecule has 0 amide bonds. The van der Waals surface area contributed by atoms with E-state index in [0.717, 1.165) is 5.56 Å². The average Bonchev–Trinajstić information content (AvgIpc) is 2.53. The predicted octanol–water partition coefficient (Wildman–Crippen LogP) is 2.66. The van der Waals surface area contributed by atoms with Crippen LogP contribution in [0.4, 0.5) is 5.82 Å². The molecule has 0 saturated heterocycles. The van der Waals surface area contributed by atoms with E-state index < -0.39 is 10.9 Å². The lowest BCUT2D eigenvalue weighted by Gasteiger charge is -2.07. The van der Waals surface area contributed by atoms with Crippen molar-refractivity contribution < 1.29 is 19.2 Å². The molecule has 22 heavy (non-hydrogen) atoms. The van der Waals surface area contributed by atoms with E-state index in [2.05, 4.69) is 9.72 Å². The third-order valence-corrected chi connectivity index (χ3v) is 2.92. The summed E-state index contributed by atoms with van der Waals surface area (Å²) < 4.78 is 10.1. The van der Waals surface area contributed by atoms with Crippen molar-refractivity contribution >= 4 is 11.8 Å². The molecule has 114 valence electrons. The molecule has 2 rings (SSSR count). The summed E-state index contributed by atoms with van der Waals surface area (Å²) in [4.78, 5) is 25.5. The van der Waals surface area contributed by atoms with Crippen LogP contribution in [0.1, 0.15) is 21.6 Å². The monoisotopic (exact) mass is 302 g/mol. The summed E-state index contributed by atoms with van der Waals surface area (Å²) in [6.45, 7) is 1.80. The van der Waals surface area contributed by atoms with E-state index in [0.29, 0.717) is 11.3 Å². The molecule has 1 aromatic heterocycles. The quantitative estimate of drug-likeness (QED) is 0.479. The fourth-order valence-electron chi connectivity index (χ4n) is 1.79. The Morgan fingerprint density at radius 2 is 1.91 bits per heavy atom. The molecule has 0 aliphatic carbocycles. The van der Waals surface area contributed by atoms with Crippen LogP contribution in [0.3, 0.4) is 0 Å². The molecule has 0 aliphatic rings. The van der Waals surface area contributed by atoms with Crippen molar-refractivity contribution in [3.05, 3.63) is 63.3 Å². The lowest BCUT2D eigenvalue weighted by atomic mass is 10.1. The van der Waals surface area contributed by atoms with E-state index in [4.69, 9.17) is 4.74 Å². The van der Waals surface area contributed by atoms with Gasteiger partial charge in [0.25, 0.3) is 0 Å². The van der Waals surface area contributed by atoms with E-state index in [9.17, 15) is 14.9 Å². The number of nitro groups is 1. The minimum atomic E-state index is -0.581. The van der Waals surface area contributed by atoms with Crippen LogP contribution in [0.15, 0.2) is 36.4 Å². The number of aromatic nitrogens is 1. The second-order valence-corrected chi connectivity index (χ2v) is 4.51. The van der Waals surface area contributed by atoms with Crippen molar-refractivity contribution in [2.75, 3.05) is 7.11 Å². The maximum Gasteiger partial charge on any atom is 0.406 e. The van der Waals surface area contributed by atoms with Gasteiger partial charge in [0.05, 0.1) is 12.7 Å². The Labute approximate surface area is 126 Å². The Bertz CT molecular complexity index is 698. The molecule has 2 aromatic rings. The number of benzene rings is 1. The first-order valence-corrected chi connectivity index (χ1v) is 6.43. The molecule has 7 heteroatoms. The number of rotatable bonds is 5. The minimum Gasteiger partial charge on any atom is -0.481 e. The van der Waals surface area contributed by atoms with E-state index in [1.807, 2.05) is 0 Å². The van der Waals surface area contributed by atoms with Crippen molar-refractivity contribution in [2.24, 2.45) is 0 Å². The zero-order valence-corrected chi connectivity index (χ0v) is 12.1. The normalized spacial score (nSPS) is 10.1. The summed E-state index contributed by atoms with van der Waals surface area (Å²) in [6, 6.07) is 9.75. The van der Waals surface area contributed by atoms with Gasteiger partial charge >= 0.3 is 11.8 Å². The van der Waals surface area contributed by atoms with Gasteiger partial charge in [-0.2, -0.15) is 0 Å². The first-order valence-electron chi connectivity index (χ1n) is 6.43. The third-order valence-electron chi connectivity index (χ3n) is 2.92. The molecular weight excluding hydrogens is 288 g/mol. The van der Waals surface area contributed by atoms with Gasteiger partial charge in [0.1, 0.15) is 12.3 Å². The summed E-state index contributed by atoms with van der Waals surface area (Å²) in [7, 11) is 1.31. The first kappa shape index (κ1) is 15.4. The van der Waals surface area contributed by atoms with Gasteiger partial charge < -0.3 is 19.6 Å². The molecule has 0 atom stereocenters. The molecule has 0 fully saturated rings. The van der Waals surface area contributed by atoms with Crippen molar-refractivity contribution in [3.63, 3.8) is 0 Å². The molecule has 0 spiro atoms. The SMILES string of the molecule is COC(=O)c1ccc(COc2ccc(C)nc2[N+](=O)[O-])cc1. The maximum atomic E-state index is 11.3. The number of methoxy groups -OCH3 is 1. The molecule has 7 nitrogen and oxygen atoms in total. The van der Waals surface area contributed by atoms with E-state index >= 15 is 0 Å². The van der Waals surface area contributed by atoms with Crippen molar-refractivity contribution in [1.82, 2.24) is 4.98 Å². The third kappa shape index (κ3) is 3.57. The summed E-state index contributed by atoms with van der Waals surface area (Å²) in [5.41, 5.74) is 1.73. The largest absolute Gasteiger partial charge is 0.481 e. The minimum absolute atomic E-state index is 0.104. The Hall–Kier alpha value is -2.96. The highest BCUT2D eigenvalue weighted by Crippen LogP contribution is 2.25. The van der Waals surface area contributed by atoms with Gasteiger partial charge in [0.15, 0.2) is 0 Å². The fourth-order valence-corrected chi connectivity index (χ4v) is 1.79. The summed E-state index contributed by atoms with van der Waals surface area (Å²) in [6.07, 6.45) is 0. The number of nitrogens with zero attached hydrogens (tertiary/aromatic N) is 2. The Morgan fingerprint density at radius 1 is 1.23 bits per heavy atom. The van der Waals surface area contributed by atoms with E-state index in [1.165, 1.54) is 13.2 Å². The van der Waals surface area contributed by atoms with E-state index in [-0.39, 0.29) is 18.2 Å². The van der Waals surface area contributed by atoms with Gasteiger partial charge in [-0.25, -0.2) is 4.79 Å². The van der Waals surface area contributed by atoms with Gasteiger partial charge in [0.2, 0.25) is 5.75 Å². The lowest BCUT2D eigenvalue weighted by molar-refractivity contribution is -0.390. The van der Waals surface area contributed by atoms with Gasteiger partial charge in [-0.3, -0.25) is 0 Å². The van der Waals surface area contributed by atoms with Crippen LogP contribution in [-0.4, -0.2) is 23.0 Å². The average molecular weight is 302 g/mol. The molecule has 0 aliphatic heterocycles. The summed E-state index contributed by atoms with van der Waals surface area (Å²) in [5, 5.41) is 10.9. The second kappa shape index (κ2) is 6.66. The molecule has 0 saturated carbocycles. The van der Waals surface area contributed by atoms with E-state index in [1.54, 1.807) is 37.3 Å². The zero-order valence-electron chi connectivity index (χ0n) is 12.1.